The van der Waals surface area contributed by atoms with Gasteiger partial charge < -0.3 is 4.74 Å². The molecule has 130 valence electrons. The Morgan fingerprint density at radius 1 is 1.12 bits per heavy atom. The predicted octanol–water partition coefficient (Wildman–Crippen LogP) is 2.59. The number of hydrazine groups is 1. The van der Waals surface area contributed by atoms with E-state index in [0.29, 0.717) is 10.0 Å². The van der Waals surface area contributed by atoms with Crippen LogP contribution in [0.4, 0.5) is 5.69 Å². The average Bonchev–Trinajstić information content (AvgIpc) is 2.60. The van der Waals surface area contributed by atoms with E-state index < -0.39 is 22.8 Å². The molecule has 0 saturated carbocycles. The molecule has 0 aliphatic rings. The fourth-order valence-corrected chi connectivity index (χ4v) is 2.35. The first-order valence-electron chi connectivity index (χ1n) is 7.15. The van der Waals surface area contributed by atoms with Crippen molar-refractivity contribution < 1.29 is 19.2 Å². The number of carbonyl (C=O) groups is 2. The summed E-state index contributed by atoms with van der Waals surface area (Å²) in [6, 6.07) is 12.4. The van der Waals surface area contributed by atoms with Gasteiger partial charge in [0.05, 0.1) is 10.5 Å². The molecule has 9 heteroatoms. The molecule has 1 atom stereocenters. The lowest BCUT2D eigenvalue weighted by molar-refractivity contribution is -0.386. The molecular weight excluding hydrogens is 394 g/mol. The minimum absolute atomic E-state index is 0.0349. The van der Waals surface area contributed by atoms with Crippen molar-refractivity contribution in [3.8, 4) is 5.75 Å². The number of halogens is 1. The number of ether oxygens (including phenoxy) is 1. The summed E-state index contributed by atoms with van der Waals surface area (Å²) in [5.74, 6) is -1.20. The van der Waals surface area contributed by atoms with Gasteiger partial charge in [-0.2, -0.15) is 0 Å². The van der Waals surface area contributed by atoms with Crippen LogP contribution >= 0.6 is 15.9 Å². The molecule has 2 aromatic rings. The smallest absolute Gasteiger partial charge is 0.310 e. The van der Waals surface area contributed by atoms with Gasteiger partial charge in [-0.3, -0.25) is 30.6 Å². The second kappa shape index (κ2) is 8.25. The number of nitrogens with one attached hydrogen (secondary N) is 2. The largest absolute Gasteiger partial charge is 0.474 e. The Morgan fingerprint density at radius 2 is 1.76 bits per heavy atom. The van der Waals surface area contributed by atoms with Gasteiger partial charge in [0, 0.05) is 10.5 Å². The number of para-hydroxylation sites is 2. The maximum absolute atomic E-state index is 12.0. The van der Waals surface area contributed by atoms with E-state index in [1.54, 1.807) is 30.3 Å². The van der Waals surface area contributed by atoms with Gasteiger partial charge >= 0.3 is 5.69 Å². The summed E-state index contributed by atoms with van der Waals surface area (Å²) in [4.78, 5) is 34.4. The van der Waals surface area contributed by atoms with Crippen LogP contribution in [0.1, 0.15) is 17.3 Å². The second-order valence-electron chi connectivity index (χ2n) is 4.91. The summed E-state index contributed by atoms with van der Waals surface area (Å²) in [6.45, 7) is 1.41. The summed E-state index contributed by atoms with van der Waals surface area (Å²) in [7, 11) is 0. The Labute approximate surface area is 151 Å². The molecule has 0 saturated heterocycles. The number of hydrogen-bond acceptors (Lipinski definition) is 5. The third-order valence-corrected chi connectivity index (χ3v) is 3.84. The topological polar surface area (TPSA) is 111 Å². The van der Waals surface area contributed by atoms with Gasteiger partial charge in [-0.15, -0.1) is 0 Å². The lowest BCUT2D eigenvalue weighted by Gasteiger charge is -2.15. The number of nitro groups is 1. The minimum Gasteiger partial charge on any atom is -0.474 e. The molecule has 2 aromatic carbocycles. The SMILES string of the molecule is C[C@@H](Oc1ccccc1[N+](=O)[O-])C(=O)NNC(=O)c1ccccc1Br. The highest BCUT2D eigenvalue weighted by molar-refractivity contribution is 9.10. The maximum Gasteiger partial charge on any atom is 0.310 e. The number of rotatable bonds is 5. The first-order valence-corrected chi connectivity index (χ1v) is 7.94. The normalized spacial score (nSPS) is 11.3. The highest BCUT2D eigenvalue weighted by atomic mass is 79.9. The number of amides is 2. The van der Waals surface area contributed by atoms with Crippen LogP contribution in [0.15, 0.2) is 53.0 Å². The zero-order chi connectivity index (χ0) is 18.4. The van der Waals surface area contributed by atoms with Gasteiger partial charge in [-0.1, -0.05) is 24.3 Å². The number of carbonyl (C=O) groups excluding carboxylic acids is 2. The molecule has 0 aliphatic heterocycles. The molecule has 0 heterocycles. The quantitative estimate of drug-likeness (QED) is 0.584. The summed E-state index contributed by atoms with van der Waals surface area (Å²) in [5, 5.41) is 10.9. The zero-order valence-electron chi connectivity index (χ0n) is 13.1. The monoisotopic (exact) mass is 407 g/mol. The van der Waals surface area contributed by atoms with Crippen LogP contribution in [0.3, 0.4) is 0 Å². The molecule has 25 heavy (non-hydrogen) atoms. The van der Waals surface area contributed by atoms with E-state index >= 15 is 0 Å². The van der Waals surface area contributed by atoms with Gasteiger partial charge in [0.2, 0.25) is 0 Å². The molecule has 0 spiro atoms. The standard InChI is InChI=1S/C16H14BrN3O5/c1-10(25-14-9-5-4-8-13(14)20(23)24)15(21)18-19-16(22)11-6-2-3-7-12(11)17/h2-10H,1H3,(H,18,21)(H,19,22)/t10-/m1/s1. The molecule has 8 nitrogen and oxygen atoms in total. The van der Waals surface area contributed by atoms with Crippen LogP contribution in [0.5, 0.6) is 5.75 Å². The van der Waals surface area contributed by atoms with E-state index in [9.17, 15) is 19.7 Å². The predicted molar refractivity (Wildman–Crippen MR) is 92.9 cm³/mol. The summed E-state index contributed by atoms with van der Waals surface area (Å²) < 4.78 is 5.89. The maximum atomic E-state index is 12.0. The fraction of sp³-hybridized carbons (Fsp3) is 0.125. The Hall–Kier alpha value is -2.94. The van der Waals surface area contributed by atoms with Crippen molar-refractivity contribution in [2.75, 3.05) is 0 Å². The summed E-state index contributed by atoms with van der Waals surface area (Å²) >= 11 is 3.24. The van der Waals surface area contributed by atoms with Crippen molar-refractivity contribution in [2.24, 2.45) is 0 Å². The number of hydrogen-bond donors (Lipinski definition) is 2. The first kappa shape index (κ1) is 18.4. The van der Waals surface area contributed by atoms with Crippen molar-refractivity contribution in [3.05, 3.63) is 68.7 Å². The van der Waals surface area contributed by atoms with E-state index in [1.165, 1.54) is 25.1 Å². The van der Waals surface area contributed by atoms with Crippen LogP contribution in [0.2, 0.25) is 0 Å². The van der Waals surface area contributed by atoms with E-state index in [4.69, 9.17) is 4.74 Å². The van der Waals surface area contributed by atoms with Gasteiger partial charge in [-0.25, -0.2) is 0 Å². The highest BCUT2D eigenvalue weighted by Gasteiger charge is 2.21. The Morgan fingerprint density at radius 3 is 2.44 bits per heavy atom. The molecule has 0 fully saturated rings. The fourth-order valence-electron chi connectivity index (χ4n) is 1.88. The lowest BCUT2D eigenvalue weighted by Crippen LogP contribution is -2.47. The van der Waals surface area contributed by atoms with Gasteiger partial charge in [0.15, 0.2) is 11.9 Å². The second-order valence-corrected chi connectivity index (χ2v) is 5.76. The summed E-state index contributed by atoms with van der Waals surface area (Å²) in [5.41, 5.74) is 4.58. The molecule has 0 bridgehead atoms. The van der Waals surface area contributed by atoms with Crippen molar-refractivity contribution in [2.45, 2.75) is 13.0 Å². The molecule has 2 amide bonds. The number of nitro benzene ring substituents is 1. The number of nitrogens with zero attached hydrogens (tertiary/aromatic N) is 1. The van der Waals surface area contributed by atoms with Crippen molar-refractivity contribution in [1.82, 2.24) is 10.9 Å². The highest BCUT2D eigenvalue weighted by Crippen LogP contribution is 2.26. The van der Waals surface area contributed by atoms with Gasteiger partial charge in [0.25, 0.3) is 11.8 Å². The van der Waals surface area contributed by atoms with Crippen molar-refractivity contribution >= 4 is 33.4 Å². The summed E-state index contributed by atoms with van der Waals surface area (Å²) in [6.07, 6.45) is -1.05. The Bertz CT molecular complexity index is 812. The van der Waals surface area contributed by atoms with Gasteiger partial charge in [-0.05, 0) is 41.1 Å². The van der Waals surface area contributed by atoms with Crippen LogP contribution in [-0.2, 0) is 4.79 Å². The average molecular weight is 408 g/mol. The lowest BCUT2D eigenvalue weighted by atomic mass is 10.2. The zero-order valence-corrected chi connectivity index (χ0v) is 14.6. The molecule has 0 aliphatic carbocycles. The van der Waals surface area contributed by atoms with Crippen LogP contribution in [-0.4, -0.2) is 22.8 Å². The van der Waals surface area contributed by atoms with Gasteiger partial charge in [0.1, 0.15) is 0 Å². The van der Waals surface area contributed by atoms with Crippen molar-refractivity contribution in [3.63, 3.8) is 0 Å². The van der Waals surface area contributed by atoms with Crippen LogP contribution in [0.25, 0.3) is 0 Å². The van der Waals surface area contributed by atoms with E-state index in [-0.39, 0.29) is 11.4 Å². The van der Waals surface area contributed by atoms with E-state index in [0.717, 1.165) is 0 Å². The molecule has 0 aromatic heterocycles. The Balaban J connectivity index is 1.96. The molecule has 2 rings (SSSR count). The van der Waals surface area contributed by atoms with Crippen molar-refractivity contribution in [1.29, 1.82) is 0 Å². The first-order chi connectivity index (χ1) is 11.9. The third-order valence-electron chi connectivity index (χ3n) is 3.15. The Kier molecular flexibility index (Phi) is 6.07. The number of benzene rings is 2. The van der Waals surface area contributed by atoms with Crippen LogP contribution < -0.4 is 15.6 Å². The molecule has 0 unspecified atom stereocenters. The van der Waals surface area contributed by atoms with E-state index in [2.05, 4.69) is 26.8 Å². The van der Waals surface area contributed by atoms with E-state index in [1.807, 2.05) is 0 Å². The minimum atomic E-state index is -1.05. The van der Waals surface area contributed by atoms with Crippen LogP contribution in [0, 0.1) is 10.1 Å². The molecular formula is C16H14BrN3O5. The molecule has 0 radical (unpaired) electrons. The molecule has 2 N–H and O–H groups in total. The third kappa shape index (κ3) is 4.77.